The lowest BCUT2D eigenvalue weighted by atomic mass is 9.95. The van der Waals surface area contributed by atoms with Crippen molar-refractivity contribution in [3.63, 3.8) is 0 Å². The Morgan fingerprint density at radius 2 is 0.306 bits per heavy atom. The second kappa shape index (κ2) is 40.8. The summed E-state index contributed by atoms with van der Waals surface area (Å²) in [6.45, 7) is 10.0. The summed E-state index contributed by atoms with van der Waals surface area (Å²) in [5, 5.41) is 0. The fourth-order valence-corrected chi connectivity index (χ4v) is 14.7. The molecule has 17 nitrogen and oxygen atoms in total. The maximum atomic E-state index is 7.70. The molecule has 10 aromatic rings. The molecule has 111 heavy (non-hydrogen) atoms. The van der Waals surface area contributed by atoms with Gasteiger partial charge in [-0.05, 0) is 83.3 Å². The predicted molar refractivity (Wildman–Crippen MR) is 418 cm³/mol. The molecule has 4 aliphatic heterocycles. The smallest absolute Gasteiger partial charge is 0.187 e. The summed E-state index contributed by atoms with van der Waals surface area (Å²) < 4.78 is 123. The van der Waals surface area contributed by atoms with E-state index >= 15 is 0 Å². The van der Waals surface area contributed by atoms with Gasteiger partial charge in [-0.25, -0.2) is 0 Å². The molecule has 4 saturated heterocycles. The molecule has 580 valence electrons. The Morgan fingerprint density at radius 1 is 0.162 bits per heavy atom. The Labute approximate surface area is 652 Å². The van der Waals surface area contributed by atoms with Crippen LogP contribution in [0, 0.1) is 0 Å². The highest BCUT2D eigenvalue weighted by atomic mass is 16.8. The predicted octanol–water partition coefficient (Wildman–Crippen LogP) is 16.6. The third-order valence-electron chi connectivity index (χ3n) is 20.6. The van der Waals surface area contributed by atoms with Crippen LogP contribution in [0.25, 0.3) is 0 Å². The first-order valence-corrected chi connectivity index (χ1v) is 38.8. The first-order valence-electron chi connectivity index (χ1n) is 38.8. The Bertz CT molecular complexity index is 4230. The van der Waals surface area contributed by atoms with Crippen LogP contribution in [-0.2, 0) is 147 Å². The Hall–Kier alpha value is -8.48. The van der Waals surface area contributed by atoms with Crippen LogP contribution in [0.4, 0.5) is 0 Å². The van der Waals surface area contributed by atoms with Crippen molar-refractivity contribution in [1.82, 2.24) is 0 Å². The van der Waals surface area contributed by atoms with E-state index in [0.29, 0.717) is 6.61 Å². The average Bonchev–Trinajstić information content (AvgIpc) is 0.765. The molecule has 17 heteroatoms. The van der Waals surface area contributed by atoms with E-state index in [0.717, 1.165) is 55.6 Å². The molecule has 0 N–H and O–H groups in total. The highest BCUT2D eigenvalue weighted by molar-refractivity contribution is 5.22. The molecule has 10 aromatic carbocycles. The molecule has 14 rings (SSSR count). The molecule has 0 amide bonds. The van der Waals surface area contributed by atoms with E-state index in [1.165, 1.54) is 0 Å². The van der Waals surface area contributed by atoms with Crippen molar-refractivity contribution in [2.24, 2.45) is 0 Å². The summed E-state index contributed by atoms with van der Waals surface area (Å²) in [7, 11) is 0. The normalized spacial score (nSPS) is 28.1. The zero-order chi connectivity index (χ0) is 75.8. The summed E-state index contributed by atoms with van der Waals surface area (Å²) in [5.41, 5.74) is 9.51. The molecular weight excluding hydrogens is 1400 g/mol. The number of hydrogen-bond donors (Lipinski definition) is 0. The summed E-state index contributed by atoms with van der Waals surface area (Å²) in [5.74, 6) is 0. The molecule has 4 aliphatic rings. The molecule has 0 bridgehead atoms. The lowest BCUT2D eigenvalue weighted by Crippen LogP contribution is -2.67. The zero-order valence-corrected chi connectivity index (χ0v) is 63.4. The van der Waals surface area contributed by atoms with Gasteiger partial charge in [0.15, 0.2) is 25.2 Å². The molecule has 0 aliphatic carbocycles. The van der Waals surface area contributed by atoms with Crippen molar-refractivity contribution >= 4 is 0 Å². The van der Waals surface area contributed by atoms with E-state index in [-0.39, 0.29) is 59.5 Å². The maximum absolute atomic E-state index is 7.70. The summed E-state index contributed by atoms with van der Waals surface area (Å²) in [6.07, 6.45) is -17.5. The summed E-state index contributed by atoms with van der Waals surface area (Å²) in [6, 6.07) is 100. The van der Waals surface area contributed by atoms with E-state index in [9.17, 15) is 0 Å². The topological polar surface area (TPSA) is 157 Å². The van der Waals surface area contributed by atoms with Crippen molar-refractivity contribution in [2.75, 3.05) is 0 Å². The van der Waals surface area contributed by atoms with E-state index in [2.05, 4.69) is 0 Å². The van der Waals surface area contributed by atoms with Crippen molar-refractivity contribution in [1.29, 1.82) is 0 Å². The monoisotopic (exact) mass is 1500 g/mol. The molecule has 4 heterocycles. The van der Waals surface area contributed by atoms with Crippen LogP contribution in [0.1, 0.15) is 83.3 Å². The van der Waals surface area contributed by atoms with Gasteiger partial charge >= 0.3 is 0 Å². The standard InChI is InChI=1S/C94H102O17/c1-65-79(95-55-69-35-15-5-16-36-69)83(96-56-70-37-17-6-18-38-70)88(101-61-75-47-27-11-28-48-75)92(106-65)110-81-67(3)108-94(90(103-63-77-51-31-13-32-52-77)85(81)98-58-72-41-21-8-22-42-72)111-82-68(4)107-93(89(102-62-76-49-29-12-30-50-76)86(82)99-59-73-43-23-9-24-44-73)109-80-66(2)105-91(104-64-78-53-33-14-34-54-78)87(100-60-74-45-25-10-26-46-74)84(80)97-57-71-39-19-7-20-40-71/h5-54,65-68,79-94H,55-64H2,1-4H3/t65-,66-,67-,68-,79+,80-,81+,82-,83+,84+,85+,86+,87-,88-,89-,90-,91-,92-,93-,94+/m1/s1. The van der Waals surface area contributed by atoms with Crippen LogP contribution in [-0.4, -0.2) is 123 Å². The van der Waals surface area contributed by atoms with Gasteiger partial charge in [-0.15, -0.1) is 0 Å². The summed E-state index contributed by atoms with van der Waals surface area (Å²) in [4.78, 5) is 0. The van der Waals surface area contributed by atoms with E-state index in [1.54, 1.807) is 0 Å². The van der Waals surface area contributed by atoms with Crippen molar-refractivity contribution in [2.45, 2.75) is 217 Å². The molecule has 0 radical (unpaired) electrons. The van der Waals surface area contributed by atoms with Gasteiger partial charge in [0.2, 0.25) is 0 Å². The Morgan fingerprint density at radius 3 is 0.514 bits per heavy atom. The lowest BCUT2D eigenvalue weighted by Gasteiger charge is -2.52. The minimum Gasteiger partial charge on any atom is -0.368 e. The van der Waals surface area contributed by atoms with E-state index in [1.807, 2.05) is 331 Å². The minimum absolute atomic E-state index is 0.142. The van der Waals surface area contributed by atoms with Crippen LogP contribution in [0.2, 0.25) is 0 Å². The zero-order valence-electron chi connectivity index (χ0n) is 63.4. The lowest BCUT2D eigenvalue weighted by molar-refractivity contribution is -0.396. The quantitative estimate of drug-likeness (QED) is 0.0365. The van der Waals surface area contributed by atoms with Crippen molar-refractivity contribution in [3.05, 3.63) is 359 Å². The van der Waals surface area contributed by atoms with Crippen molar-refractivity contribution < 1.29 is 80.5 Å². The van der Waals surface area contributed by atoms with Crippen LogP contribution < -0.4 is 0 Å². The van der Waals surface area contributed by atoms with Crippen LogP contribution >= 0.6 is 0 Å². The molecule has 4 fully saturated rings. The molecule has 0 unspecified atom stereocenters. The third kappa shape index (κ3) is 22.1. The van der Waals surface area contributed by atoms with Crippen LogP contribution in [0.5, 0.6) is 0 Å². The first kappa shape index (κ1) is 79.2. The fraction of sp³-hybridized carbons (Fsp3) is 0.362. The van der Waals surface area contributed by atoms with Gasteiger partial charge in [0.1, 0.15) is 73.2 Å². The molecular formula is C94H102O17. The number of rotatable bonds is 36. The van der Waals surface area contributed by atoms with Gasteiger partial charge in [0.25, 0.3) is 0 Å². The summed E-state index contributed by atoms with van der Waals surface area (Å²) >= 11 is 0. The van der Waals surface area contributed by atoms with E-state index in [4.69, 9.17) is 80.5 Å². The minimum atomic E-state index is -1.18. The van der Waals surface area contributed by atoms with Crippen LogP contribution in [0.15, 0.2) is 303 Å². The number of ether oxygens (including phenoxy) is 17. The molecule has 0 saturated carbocycles. The highest BCUT2D eigenvalue weighted by Gasteiger charge is 2.57. The van der Waals surface area contributed by atoms with Gasteiger partial charge in [-0.1, -0.05) is 303 Å². The third-order valence-corrected chi connectivity index (χ3v) is 20.6. The second-order valence-corrected chi connectivity index (χ2v) is 28.8. The van der Waals surface area contributed by atoms with Gasteiger partial charge in [-0.3, -0.25) is 0 Å². The Kier molecular flexibility index (Phi) is 29.1. The van der Waals surface area contributed by atoms with Gasteiger partial charge in [0, 0.05) is 0 Å². The van der Waals surface area contributed by atoms with Crippen LogP contribution in [0.3, 0.4) is 0 Å². The molecule has 20 atom stereocenters. The maximum Gasteiger partial charge on any atom is 0.187 e. The first-order chi connectivity index (χ1) is 54.7. The van der Waals surface area contributed by atoms with E-state index < -0.39 is 123 Å². The van der Waals surface area contributed by atoms with Gasteiger partial charge < -0.3 is 80.5 Å². The molecule has 0 spiro atoms. The number of benzene rings is 10. The largest absolute Gasteiger partial charge is 0.368 e. The fourth-order valence-electron chi connectivity index (χ4n) is 14.7. The number of hydrogen-bond acceptors (Lipinski definition) is 17. The van der Waals surface area contributed by atoms with Gasteiger partial charge in [0.05, 0.1) is 90.5 Å². The molecule has 0 aromatic heterocycles. The SMILES string of the molecule is C[C@H]1O[C@H](O[C@@H]2[C@H](OCc3ccccc3)[C@@H](OCc3ccccc3)[C@H](O[C@H]3[C@H](OCc4ccccc4)[C@@H](OCc4ccccc4)[C@@H](O[C@H]4[C@H](OCc5ccccc5)[C@@H](OCc5ccccc5)[C@H](OCc5ccccc5)O[C@@H]4C)O[C@@H]3C)O[C@@H]2C)[C@H](OCc2ccccc2)[C@@H](OCc2ccccc2)[C@H]1OCc1ccccc1. The average molecular weight is 1500 g/mol. The second-order valence-electron chi connectivity index (χ2n) is 28.8. The Balaban J connectivity index is 0.822. The van der Waals surface area contributed by atoms with Crippen molar-refractivity contribution in [3.8, 4) is 0 Å². The van der Waals surface area contributed by atoms with Gasteiger partial charge in [-0.2, -0.15) is 0 Å². The highest BCUT2D eigenvalue weighted by Crippen LogP contribution is 2.41.